The minimum atomic E-state index is -2.96. The van der Waals surface area contributed by atoms with E-state index in [1.165, 1.54) is 18.4 Å². The van der Waals surface area contributed by atoms with E-state index in [0.717, 1.165) is 25.9 Å². The van der Waals surface area contributed by atoms with Gasteiger partial charge in [-0.1, -0.05) is 50.1 Å². The summed E-state index contributed by atoms with van der Waals surface area (Å²) in [5, 5.41) is 6.39. The van der Waals surface area contributed by atoms with E-state index in [2.05, 4.69) is 41.0 Å². The van der Waals surface area contributed by atoms with Crippen LogP contribution in [-0.2, 0) is 15.3 Å². The minimum absolute atomic E-state index is 0. The number of halogens is 1. The van der Waals surface area contributed by atoms with Gasteiger partial charge in [-0.25, -0.2) is 8.42 Å². The summed E-state index contributed by atoms with van der Waals surface area (Å²) >= 11 is 0. The van der Waals surface area contributed by atoms with Gasteiger partial charge in [0.25, 0.3) is 0 Å². The highest BCUT2D eigenvalue weighted by Gasteiger charge is 2.35. The number of nitrogens with zero attached hydrogens (tertiary/aromatic N) is 1. The predicted molar refractivity (Wildman–Crippen MR) is 120 cm³/mol. The predicted octanol–water partition coefficient (Wildman–Crippen LogP) is 3.11. The maximum atomic E-state index is 11.6. The van der Waals surface area contributed by atoms with E-state index in [-0.39, 0.29) is 40.9 Å². The maximum absolute atomic E-state index is 11.6. The number of sulfone groups is 1. The van der Waals surface area contributed by atoms with Gasteiger partial charge in [-0.05, 0) is 25.3 Å². The summed E-state index contributed by atoms with van der Waals surface area (Å²) in [4.78, 5) is 4.79. The third kappa shape index (κ3) is 6.72. The molecule has 2 N–H and O–H groups in total. The van der Waals surface area contributed by atoms with Crippen LogP contribution < -0.4 is 10.6 Å². The summed E-state index contributed by atoms with van der Waals surface area (Å²) in [6, 6.07) is 10.6. The van der Waals surface area contributed by atoms with Crippen LogP contribution >= 0.6 is 24.0 Å². The van der Waals surface area contributed by atoms with E-state index < -0.39 is 9.84 Å². The molecule has 0 aliphatic heterocycles. The lowest BCUT2D eigenvalue weighted by atomic mass is 9.79. The molecule has 26 heavy (non-hydrogen) atoms. The van der Waals surface area contributed by atoms with Gasteiger partial charge in [-0.15, -0.1) is 24.0 Å². The average Bonchev–Trinajstić information content (AvgIpc) is 3.10. The van der Waals surface area contributed by atoms with E-state index in [4.69, 9.17) is 4.99 Å². The Balaban J connectivity index is 0.00000338. The zero-order valence-electron chi connectivity index (χ0n) is 15.8. The molecule has 2 rings (SSSR count). The number of aliphatic imine (C=N–C) groups is 1. The topological polar surface area (TPSA) is 70.6 Å². The van der Waals surface area contributed by atoms with Crippen LogP contribution in [0.15, 0.2) is 35.3 Å². The van der Waals surface area contributed by atoms with Crippen LogP contribution in [0.4, 0.5) is 0 Å². The molecule has 1 aromatic carbocycles. The molecule has 7 heteroatoms. The van der Waals surface area contributed by atoms with Gasteiger partial charge in [0.2, 0.25) is 0 Å². The molecular formula is C19H32IN3O2S. The summed E-state index contributed by atoms with van der Waals surface area (Å²) in [6.45, 7) is 5.57. The molecule has 0 spiro atoms. The second kappa shape index (κ2) is 11.1. The number of hydrogen-bond donors (Lipinski definition) is 2. The van der Waals surface area contributed by atoms with Crippen LogP contribution in [0.5, 0.6) is 0 Å². The first kappa shape index (κ1) is 23.2. The minimum Gasteiger partial charge on any atom is -0.357 e. The number of rotatable bonds is 8. The van der Waals surface area contributed by atoms with Gasteiger partial charge in [-0.3, -0.25) is 4.99 Å². The monoisotopic (exact) mass is 493 g/mol. The van der Waals surface area contributed by atoms with Crippen LogP contribution in [-0.4, -0.2) is 45.5 Å². The lowest BCUT2D eigenvalue weighted by Crippen LogP contribution is -2.41. The summed E-state index contributed by atoms with van der Waals surface area (Å²) in [5.41, 5.74) is 1.47. The quantitative estimate of drug-likeness (QED) is 0.332. The van der Waals surface area contributed by atoms with Crippen molar-refractivity contribution >= 4 is 39.8 Å². The lowest BCUT2D eigenvalue weighted by molar-refractivity contribution is 0.452. The third-order valence-corrected chi connectivity index (χ3v) is 6.68. The van der Waals surface area contributed by atoms with Crippen molar-refractivity contribution < 1.29 is 8.42 Å². The molecule has 0 aromatic heterocycles. The van der Waals surface area contributed by atoms with Crippen molar-refractivity contribution in [2.24, 2.45) is 4.99 Å². The first-order valence-electron chi connectivity index (χ1n) is 9.29. The first-order valence-corrected chi connectivity index (χ1v) is 11.1. The molecule has 0 bridgehead atoms. The molecule has 5 nitrogen and oxygen atoms in total. The largest absolute Gasteiger partial charge is 0.357 e. The molecule has 1 saturated carbocycles. The Labute approximate surface area is 175 Å². The second-order valence-corrected chi connectivity index (χ2v) is 9.18. The lowest BCUT2D eigenvalue weighted by Gasteiger charge is -2.28. The van der Waals surface area contributed by atoms with Gasteiger partial charge in [0.05, 0.1) is 12.3 Å². The smallest absolute Gasteiger partial charge is 0.191 e. The van der Waals surface area contributed by atoms with Gasteiger partial charge in [0, 0.05) is 24.3 Å². The Bertz CT molecular complexity index is 657. The van der Waals surface area contributed by atoms with Gasteiger partial charge in [0.1, 0.15) is 0 Å². The summed E-state index contributed by atoms with van der Waals surface area (Å²) in [6.07, 6.45) is 4.79. The molecular weight excluding hydrogens is 461 g/mol. The van der Waals surface area contributed by atoms with Crippen molar-refractivity contribution in [3.8, 4) is 0 Å². The van der Waals surface area contributed by atoms with Gasteiger partial charge in [0.15, 0.2) is 15.8 Å². The van der Waals surface area contributed by atoms with Gasteiger partial charge >= 0.3 is 0 Å². The number of hydrogen-bond acceptors (Lipinski definition) is 3. The van der Waals surface area contributed by atoms with E-state index in [9.17, 15) is 8.42 Å². The first-order chi connectivity index (χ1) is 12.0. The SMILES string of the molecule is CCNC(=NCC1(c2ccccc2)CCCC1)NCCS(=O)(=O)CC.I. The highest BCUT2D eigenvalue weighted by Crippen LogP contribution is 2.41. The Hall–Kier alpha value is -0.830. The molecule has 0 heterocycles. The second-order valence-electron chi connectivity index (χ2n) is 6.71. The Morgan fingerprint density at radius 1 is 1.12 bits per heavy atom. The van der Waals surface area contributed by atoms with Crippen molar-refractivity contribution in [3.63, 3.8) is 0 Å². The fourth-order valence-corrected chi connectivity index (χ4v) is 4.12. The Morgan fingerprint density at radius 2 is 1.77 bits per heavy atom. The molecule has 0 atom stereocenters. The van der Waals surface area contributed by atoms with Crippen LogP contribution in [0.3, 0.4) is 0 Å². The average molecular weight is 493 g/mol. The molecule has 0 unspecified atom stereocenters. The molecule has 1 aromatic rings. The highest BCUT2D eigenvalue weighted by atomic mass is 127. The van der Waals surface area contributed by atoms with E-state index in [1.54, 1.807) is 6.92 Å². The fraction of sp³-hybridized carbons (Fsp3) is 0.632. The maximum Gasteiger partial charge on any atom is 0.191 e. The van der Waals surface area contributed by atoms with Gasteiger partial charge in [-0.2, -0.15) is 0 Å². The molecule has 0 amide bonds. The van der Waals surface area contributed by atoms with E-state index in [0.29, 0.717) is 12.5 Å². The molecule has 0 saturated heterocycles. The van der Waals surface area contributed by atoms with Crippen LogP contribution in [0.1, 0.15) is 45.1 Å². The molecule has 1 fully saturated rings. The number of guanidine groups is 1. The summed E-state index contributed by atoms with van der Waals surface area (Å²) < 4.78 is 23.3. The number of benzene rings is 1. The molecule has 0 radical (unpaired) electrons. The summed E-state index contributed by atoms with van der Waals surface area (Å²) in [7, 11) is -2.96. The highest BCUT2D eigenvalue weighted by molar-refractivity contribution is 14.0. The standard InChI is InChI=1S/C19H31N3O2S.HI/c1-3-20-18(21-14-15-25(23,24)4-2)22-16-19(12-8-9-13-19)17-10-6-5-7-11-17;/h5-7,10-11H,3-4,8-9,12-16H2,1-2H3,(H2,20,21,22);1H. The Morgan fingerprint density at radius 3 is 2.35 bits per heavy atom. The van der Waals surface area contributed by atoms with Crippen LogP contribution in [0.2, 0.25) is 0 Å². The number of nitrogens with one attached hydrogen (secondary N) is 2. The van der Waals surface area contributed by atoms with Crippen molar-refractivity contribution in [2.45, 2.75) is 44.9 Å². The van der Waals surface area contributed by atoms with E-state index in [1.807, 2.05) is 6.92 Å². The molecule has 148 valence electrons. The normalized spacial score (nSPS) is 16.8. The van der Waals surface area contributed by atoms with Crippen molar-refractivity contribution in [1.82, 2.24) is 10.6 Å². The van der Waals surface area contributed by atoms with Crippen molar-refractivity contribution in [3.05, 3.63) is 35.9 Å². The van der Waals surface area contributed by atoms with Crippen molar-refractivity contribution in [1.29, 1.82) is 0 Å². The van der Waals surface area contributed by atoms with Crippen LogP contribution in [0.25, 0.3) is 0 Å². The van der Waals surface area contributed by atoms with Gasteiger partial charge < -0.3 is 10.6 Å². The zero-order chi connectivity index (χ0) is 18.2. The summed E-state index contributed by atoms with van der Waals surface area (Å²) in [5.74, 6) is 1.02. The Kier molecular flexibility index (Phi) is 9.92. The molecule has 1 aliphatic rings. The van der Waals surface area contributed by atoms with Crippen molar-refractivity contribution in [2.75, 3.05) is 31.1 Å². The van der Waals surface area contributed by atoms with Crippen LogP contribution in [0, 0.1) is 0 Å². The molecule has 1 aliphatic carbocycles. The van der Waals surface area contributed by atoms with E-state index >= 15 is 0 Å². The zero-order valence-corrected chi connectivity index (χ0v) is 19.0. The fourth-order valence-electron chi connectivity index (χ4n) is 3.42. The third-order valence-electron chi connectivity index (χ3n) is 4.98.